The third-order valence-electron chi connectivity index (χ3n) is 19.0. The number of pyridine rings is 1. The first kappa shape index (κ1) is 80.5. The lowest BCUT2D eigenvalue weighted by atomic mass is 9.78. The van der Waals surface area contributed by atoms with Crippen LogP contribution in [-0.2, 0) is 64.7 Å². The summed E-state index contributed by atoms with van der Waals surface area (Å²) < 4.78 is 152. The molecule has 99 heavy (non-hydrogen) atoms. The molecule has 1 N–H and O–H groups in total. The quantitative estimate of drug-likeness (QED) is 0.0248. The maximum atomic E-state index is 14.0. The van der Waals surface area contributed by atoms with Crippen molar-refractivity contribution in [3.63, 3.8) is 0 Å². The number of hydrogen-bond acceptors (Lipinski definition) is 14. The molecule has 3 aliphatic carbocycles. The van der Waals surface area contributed by atoms with Crippen LogP contribution >= 0.6 is 0 Å². The Balaban J connectivity index is 0.000000203. The first-order chi connectivity index (χ1) is 46.3. The summed E-state index contributed by atoms with van der Waals surface area (Å²) >= 11 is 0. The normalized spacial score (nSPS) is 20.0. The maximum Gasteiger partial charge on any atom is 0.426 e. The summed E-state index contributed by atoms with van der Waals surface area (Å²) in [5.74, 6) is -8.30. The van der Waals surface area contributed by atoms with Crippen LogP contribution in [0.5, 0.6) is 11.5 Å². The summed E-state index contributed by atoms with van der Waals surface area (Å²) in [6.45, 7) is 25.3. The number of alkyl halides is 3. The Morgan fingerprint density at radius 1 is 0.687 bits per heavy atom. The van der Waals surface area contributed by atoms with Gasteiger partial charge in [-0.05, 0) is 244 Å². The molecule has 2 bridgehead atoms. The number of benzene rings is 5. The predicted octanol–water partition coefficient (Wildman–Crippen LogP) is 17.6. The van der Waals surface area contributed by atoms with Crippen LogP contribution in [-0.4, -0.2) is 82.8 Å². The average molecular weight is 1420 g/mol. The third-order valence-corrected chi connectivity index (χ3v) is 22.0. The van der Waals surface area contributed by atoms with E-state index in [4.69, 9.17) is 24.1 Å². The SMILES string of the molecule is CCC(C)(C)C(=O)OC(C)(C)c1ccncc1.CCC(C)(C)C(=O)OC1C2CC3C1OC(=O)C3C2C(=O)OC(CS(=O)(=O)[O-])C(F)(F)F.CCC(C)c1ccc(O)cc1.CCC(C)c1ccc(OC2(C)CCCC2)c(F)c1.Fc1ccc([S+](c2ccc(F)cc2)c2ccc(F)cc2)cc1. The zero-order chi connectivity index (χ0) is 73.6. The van der Waals surface area contributed by atoms with E-state index in [0.717, 1.165) is 57.9 Å². The Labute approximate surface area is 580 Å². The Kier molecular flexibility index (Phi) is 27.8. The summed E-state index contributed by atoms with van der Waals surface area (Å²) in [5, 5.41) is 9.01. The van der Waals surface area contributed by atoms with E-state index in [9.17, 15) is 62.9 Å². The molecule has 6 aromatic rings. The highest BCUT2D eigenvalue weighted by Gasteiger charge is 2.71. The summed E-state index contributed by atoms with van der Waals surface area (Å²) in [7, 11) is -5.90. The molecule has 5 aromatic carbocycles. The molecule has 4 aliphatic rings. The van der Waals surface area contributed by atoms with Crippen molar-refractivity contribution in [3.05, 3.63) is 180 Å². The summed E-state index contributed by atoms with van der Waals surface area (Å²) in [6.07, 6.45) is 1.08. The monoisotopic (exact) mass is 1420 g/mol. The number of carbonyl (C=O) groups excluding carboxylic acids is 4. The number of phenols is 1. The van der Waals surface area contributed by atoms with E-state index in [-0.39, 0.29) is 41.3 Å². The van der Waals surface area contributed by atoms with Crippen molar-refractivity contribution in [3.8, 4) is 11.5 Å². The van der Waals surface area contributed by atoms with Gasteiger partial charge in [-0.15, -0.1) is 0 Å². The number of halogens is 7. The molecule has 0 spiro atoms. The number of rotatable bonds is 20. The van der Waals surface area contributed by atoms with Crippen LogP contribution in [0.3, 0.4) is 0 Å². The lowest BCUT2D eigenvalue weighted by Gasteiger charge is -2.33. The molecule has 9 atom stereocenters. The molecule has 10 rings (SSSR count). The van der Waals surface area contributed by atoms with Gasteiger partial charge in [-0.3, -0.25) is 24.2 Å². The second-order valence-electron chi connectivity index (χ2n) is 27.5. The van der Waals surface area contributed by atoms with Crippen LogP contribution in [0, 0.1) is 57.8 Å². The van der Waals surface area contributed by atoms with E-state index in [1.165, 1.54) is 54.8 Å². The number of aromatic hydroxyl groups is 1. The lowest BCUT2D eigenvalue weighted by molar-refractivity contribution is -0.220. The molecule has 1 aliphatic heterocycles. The number of ether oxygens (including phenoxy) is 5. The number of fused-ring (bicyclic) bond motifs is 1. The van der Waals surface area contributed by atoms with Gasteiger partial charge in [0, 0.05) is 24.2 Å². The van der Waals surface area contributed by atoms with E-state index in [0.29, 0.717) is 29.8 Å². The molecular weight excluding hydrogens is 1330 g/mol. The summed E-state index contributed by atoms with van der Waals surface area (Å²) in [5.41, 5.74) is 1.20. The Hall–Kier alpha value is -7.50. The molecule has 2 heterocycles. The Bertz CT molecular complexity index is 3630. The van der Waals surface area contributed by atoms with Crippen molar-refractivity contribution in [2.45, 2.75) is 210 Å². The average Bonchev–Trinajstić information content (AvgIpc) is 1.55. The maximum absolute atomic E-state index is 14.0. The number of aromatic nitrogens is 1. The number of hydrogen-bond donors (Lipinski definition) is 1. The molecule has 1 aromatic heterocycles. The van der Waals surface area contributed by atoms with Gasteiger partial charge in [0.05, 0.1) is 49.4 Å². The molecule has 14 nitrogen and oxygen atoms in total. The van der Waals surface area contributed by atoms with E-state index in [2.05, 4.69) is 44.3 Å². The van der Waals surface area contributed by atoms with Gasteiger partial charge in [0.2, 0.25) is 6.10 Å². The van der Waals surface area contributed by atoms with Crippen molar-refractivity contribution in [2.24, 2.45) is 34.5 Å². The molecule has 0 amide bonds. The fourth-order valence-corrected chi connectivity index (χ4v) is 14.3. The molecule has 23 heteroatoms. The topological polar surface area (TPSA) is 205 Å². The van der Waals surface area contributed by atoms with Crippen molar-refractivity contribution in [2.75, 3.05) is 5.75 Å². The van der Waals surface area contributed by atoms with E-state index in [1.54, 1.807) is 93.8 Å². The van der Waals surface area contributed by atoms with Gasteiger partial charge in [0.15, 0.2) is 26.3 Å². The second-order valence-corrected chi connectivity index (χ2v) is 31.0. The van der Waals surface area contributed by atoms with Gasteiger partial charge >= 0.3 is 30.1 Å². The summed E-state index contributed by atoms with van der Waals surface area (Å²) in [6, 6.07) is 35.1. The van der Waals surface area contributed by atoms with E-state index < -0.39 is 109 Å². The zero-order valence-corrected chi connectivity index (χ0v) is 59.9. The molecule has 3 saturated carbocycles. The van der Waals surface area contributed by atoms with Gasteiger partial charge in [-0.1, -0.05) is 59.7 Å². The van der Waals surface area contributed by atoms with Crippen molar-refractivity contribution < 1.29 is 91.7 Å². The first-order valence-electron chi connectivity index (χ1n) is 33.3. The Morgan fingerprint density at radius 3 is 1.60 bits per heavy atom. The van der Waals surface area contributed by atoms with E-state index in [1.807, 2.05) is 65.0 Å². The first-order valence-corrected chi connectivity index (χ1v) is 36.1. The van der Waals surface area contributed by atoms with Crippen molar-refractivity contribution in [1.82, 2.24) is 4.98 Å². The van der Waals surface area contributed by atoms with Gasteiger partial charge in [-0.25, -0.2) is 26.0 Å². The van der Waals surface area contributed by atoms with Crippen LogP contribution in [0.2, 0.25) is 0 Å². The zero-order valence-electron chi connectivity index (χ0n) is 58.3. The largest absolute Gasteiger partial charge is 0.748 e. The van der Waals surface area contributed by atoms with Crippen LogP contribution in [0.1, 0.15) is 176 Å². The fraction of sp³-hybridized carbons (Fsp3) is 0.487. The number of esters is 4. The van der Waals surface area contributed by atoms with Crippen molar-refractivity contribution >= 4 is 44.9 Å². The number of nitrogens with zero attached hydrogens (tertiary/aromatic N) is 1. The molecule has 0 radical (unpaired) electrons. The third kappa shape index (κ3) is 22.0. The minimum atomic E-state index is -5.36. The molecule has 1 saturated heterocycles. The Morgan fingerprint density at radius 2 is 1.15 bits per heavy atom. The van der Waals surface area contributed by atoms with Crippen molar-refractivity contribution in [1.29, 1.82) is 0 Å². The standard InChI is InChI=1S/C18H23F3O9S.C18H12F3S.C16H23FO.C14H21NO2.C10H14O/c1-4-17(2,3)16(24)30-13-8-5-7-11(15(23)29-12(7)13)10(8)14(22)28-9(18(19,20)21)6-31(25,26)27;19-13-1-7-16(8-2-13)22(17-9-3-14(20)4-10-17)18-11-5-15(21)6-12-18;1-4-12(2)13-7-8-15(14(17)11-13)18-16(3)9-5-6-10-16;1-6-13(2,3)12(16)17-14(4,5)11-7-9-15-10-8-11;1-3-8(2)9-4-6-10(11)7-5-9/h7-13H,4-6H2,1-3H3,(H,25,26,27);1-12H;7-8,11-12H,4-6,9-10H2,1-3H3;7-10H,6H2,1-5H3;4-8,11H,3H2,1-2H3/q;+1;;;/p-1. The lowest BCUT2D eigenvalue weighted by Crippen LogP contribution is -2.47. The van der Waals surface area contributed by atoms with Gasteiger partial charge in [0.1, 0.15) is 46.6 Å². The fourth-order valence-electron chi connectivity index (χ4n) is 11.6. The summed E-state index contributed by atoms with van der Waals surface area (Å²) in [4.78, 5) is 56.1. The minimum Gasteiger partial charge on any atom is -0.748 e. The molecular formula is C76H92F7NO13S2. The highest BCUT2D eigenvalue weighted by atomic mass is 32.2. The molecule has 540 valence electrons. The van der Waals surface area contributed by atoms with Crippen LogP contribution in [0.15, 0.2) is 154 Å². The molecule has 4 fully saturated rings. The smallest absolute Gasteiger partial charge is 0.426 e. The number of phenolic OH excluding ortho intramolecular Hbond substituents is 1. The highest BCUT2D eigenvalue weighted by Crippen LogP contribution is 2.59. The second kappa shape index (κ2) is 34.2. The predicted molar refractivity (Wildman–Crippen MR) is 361 cm³/mol. The molecule has 9 unspecified atom stereocenters. The van der Waals surface area contributed by atoms with Gasteiger partial charge in [0.25, 0.3) is 0 Å². The highest BCUT2D eigenvalue weighted by molar-refractivity contribution is 7.97. The van der Waals surface area contributed by atoms with Crippen LogP contribution < -0.4 is 4.74 Å². The van der Waals surface area contributed by atoms with Gasteiger partial charge < -0.3 is 33.3 Å². The van der Waals surface area contributed by atoms with E-state index >= 15 is 0 Å². The number of carbonyl (C=O) groups is 4. The van der Waals surface area contributed by atoms with Crippen LogP contribution in [0.4, 0.5) is 30.7 Å². The minimum absolute atomic E-state index is 0.165. The van der Waals surface area contributed by atoms with Crippen LogP contribution in [0.25, 0.3) is 0 Å². The van der Waals surface area contributed by atoms with Gasteiger partial charge in [-0.2, -0.15) is 13.2 Å².